The molecule has 9 heteroatoms. The van der Waals surface area contributed by atoms with Gasteiger partial charge in [0, 0.05) is 36.7 Å². The maximum absolute atomic E-state index is 13.6. The standard InChI is InChI=1S/C20H22ClFN2O3S2/c21-17-8-7-15(13-19(17)29(26,27)24-10-3-4-11-24)20(25)23-9-12-28-14-16-5-1-2-6-18(16)22/h1-2,5-8,13H,3-4,9-12,14H2,(H,23,25). The van der Waals surface area contributed by atoms with Crippen molar-refractivity contribution in [1.29, 1.82) is 0 Å². The molecule has 0 aliphatic carbocycles. The molecule has 29 heavy (non-hydrogen) atoms. The fourth-order valence-corrected chi connectivity index (χ4v) is 5.91. The van der Waals surface area contributed by atoms with E-state index in [9.17, 15) is 17.6 Å². The number of hydrogen-bond donors (Lipinski definition) is 1. The van der Waals surface area contributed by atoms with Gasteiger partial charge in [-0.1, -0.05) is 29.8 Å². The van der Waals surface area contributed by atoms with Gasteiger partial charge in [-0.2, -0.15) is 16.1 Å². The molecule has 1 saturated heterocycles. The van der Waals surface area contributed by atoms with Crippen LogP contribution in [0.4, 0.5) is 4.39 Å². The third-order valence-electron chi connectivity index (χ3n) is 4.62. The van der Waals surface area contributed by atoms with Crippen LogP contribution in [-0.4, -0.2) is 44.0 Å². The van der Waals surface area contributed by atoms with Gasteiger partial charge < -0.3 is 5.32 Å². The summed E-state index contributed by atoms with van der Waals surface area (Å²) < 4.78 is 40.5. The number of amides is 1. The summed E-state index contributed by atoms with van der Waals surface area (Å²) in [7, 11) is -3.71. The molecular weight excluding hydrogens is 435 g/mol. The van der Waals surface area contributed by atoms with E-state index < -0.39 is 10.0 Å². The molecule has 1 N–H and O–H groups in total. The number of hydrogen-bond acceptors (Lipinski definition) is 4. The molecule has 0 aromatic heterocycles. The molecule has 1 aliphatic rings. The number of sulfonamides is 1. The van der Waals surface area contributed by atoms with E-state index in [-0.39, 0.29) is 27.2 Å². The molecule has 1 amide bonds. The van der Waals surface area contributed by atoms with Gasteiger partial charge in [-0.3, -0.25) is 4.79 Å². The number of nitrogens with one attached hydrogen (secondary N) is 1. The molecule has 0 spiro atoms. The Hall–Kier alpha value is -1.61. The third kappa shape index (κ3) is 5.51. The van der Waals surface area contributed by atoms with E-state index in [1.165, 1.54) is 40.3 Å². The molecule has 0 atom stereocenters. The van der Waals surface area contributed by atoms with Gasteiger partial charge >= 0.3 is 0 Å². The lowest BCUT2D eigenvalue weighted by molar-refractivity contribution is 0.0956. The smallest absolute Gasteiger partial charge is 0.251 e. The lowest BCUT2D eigenvalue weighted by atomic mass is 10.2. The number of carbonyl (C=O) groups is 1. The first-order chi connectivity index (χ1) is 13.9. The number of benzene rings is 2. The topological polar surface area (TPSA) is 66.5 Å². The fraction of sp³-hybridized carbons (Fsp3) is 0.350. The predicted molar refractivity (Wildman–Crippen MR) is 114 cm³/mol. The molecule has 2 aromatic carbocycles. The molecule has 1 aliphatic heterocycles. The third-order valence-corrected chi connectivity index (χ3v) is 8.01. The van der Waals surface area contributed by atoms with Gasteiger partial charge in [0.25, 0.3) is 5.91 Å². The van der Waals surface area contributed by atoms with Crippen molar-refractivity contribution < 1.29 is 17.6 Å². The maximum atomic E-state index is 13.6. The molecule has 5 nitrogen and oxygen atoms in total. The van der Waals surface area contributed by atoms with Crippen LogP contribution in [0, 0.1) is 5.82 Å². The van der Waals surface area contributed by atoms with Crippen molar-refractivity contribution >= 4 is 39.3 Å². The number of carbonyl (C=O) groups excluding carboxylic acids is 1. The monoisotopic (exact) mass is 456 g/mol. The number of thioether (sulfide) groups is 1. The van der Waals surface area contributed by atoms with Gasteiger partial charge in [0.05, 0.1) is 5.02 Å². The van der Waals surface area contributed by atoms with Crippen LogP contribution >= 0.6 is 23.4 Å². The first-order valence-corrected chi connectivity index (χ1v) is 12.3. The highest BCUT2D eigenvalue weighted by atomic mass is 35.5. The Kier molecular flexibility index (Phi) is 7.56. The minimum Gasteiger partial charge on any atom is -0.351 e. The number of halogens is 2. The zero-order valence-electron chi connectivity index (χ0n) is 15.7. The first kappa shape index (κ1) is 22.1. The van der Waals surface area contributed by atoms with Crippen molar-refractivity contribution in [2.24, 2.45) is 0 Å². The van der Waals surface area contributed by atoms with Crippen LogP contribution in [0.25, 0.3) is 0 Å². The molecule has 2 aromatic rings. The Labute approximate surface area is 179 Å². The van der Waals surface area contributed by atoms with Crippen LogP contribution in [0.15, 0.2) is 47.4 Å². The fourth-order valence-electron chi connectivity index (χ4n) is 3.05. The maximum Gasteiger partial charge on any atom is 0.251 e. The van der Waals surface area contributed by atoms with Gasteiger partial charge in [-0.05, 0) is 42.7 Å². The predicted octanol–water partition coefficient (Wildman–Crippen LogP) is 3.93. The van der Waals surface area contributed by atoms with Gasteiger partial charge in [-0.15, -0.1) is 0 Å². The Balaban J connectivity index is 1.56. The van der Waals surface area contributed by atoms with Gasteiger partial charge in [0.2, 0.25) is 10.0 Å². The minimum atomic E-state index is -3.71. The molecule has 0 radical (unpaired) electrons. The van der Waals surface area contributed by atoms with E-state index in [0.717, 1.165) is 12.8 Å². The Morgan fingerprint density at radius 3 is 2.62 bits per heavy atom. The van der Waals surface area contributed by atoms with E-state index in [0.29, 0.717) is 36.7 Å². The molecule has 156 valence electrons. The zero-order chi connectivity index (χ0) is 20.9. The van der Waals surface area contributed by atoms with Crippen molar-refractivity contribution in [3.05, 3.63) is 64.4 Å². The molecule has 3 rings (SSSR count). The van der Waals surface area contributed by atoms with Crippen molar-refractivity contribution in [2.75, 3.05) is 25.4 Å². The zero-order valence-corrected chi connectivity index (χ0v) is 18.1. The largest absolute Gasteiger partial charge is 0.351 e. The SMILES string of the molecule is O=C(NCCSCc1ccccc1F)c1ccc(Cl)c(S(=O)(=O)N2CCCC2)c1. The highest BCUT2D eigenvalue weighted by molar-refractivity contribution is 7.98. The van der Waals surface area contributed by atoms with Crippen LogP contribution in [0.2, 0.25) is 5.02 Å². The Morgan fingerprint density at radius 1 is 1.17 bits per heavy atom. The second kappa shape index (κ2) is 9.93. The minimum absolute atomic E-state index is 0.0392. The van der Waals surface area contributed by atoms with Crippen molar-refractivity contribution in [2.45, 2.75) is 23.5 Å². The van der Waals surface area contributed by atoms with Crippen molar-refractivity contribution in [3.63, 3.8) is 0 Å². The summed E-state index contributed by atoms with van der Waals surface area (Å²) in [6, 6.07) is 10.9. The van der Waals surface area contributed by atoms with E-state index in [1.54, 1.807) is 18.2 Å². The number of nitrogens with zero attached hydrogens (tertiary/aromatic N) is 1. The molecule has 1 heterocycles. The number of rotatable bonds is 8. The van der Waals surface area contributed by atoms with Crippen LogP contribution in [0.3, 0.4) is 0 Å². The van der Waals surface area contributed by atoms with Crippen molar-refractivity contribution in [3.8, 4) is 0 Å². The van der Waals surface area contributed by atoms with Crippen LogP contribution < -0.4 is 5.32 Å². The average molecular weight is 457 g/mol. The second-order valence-electron chi connectivity index (χ2n) is 6.66. The van der Waals surface area contributed by atoms with E-state index in [2.05, 4.69) is 5.32 Å². The van der Waals surface area contributed by atoms with E-state index >= 15 is 0 Å². The van der Waals surface area contributed by atoms with Gasteiger partial charge in [-0.25, -0.2) is 12.8 Å². The highest BCUT2D eigenvalue weighted by Gasteiger charge is 2.29. The van der Waals surface area contributed by atoms with Gasteiger partial charge in [0.1, 0.15) is 10.7 Å². The molecule has 0 unspecified atom stereocenters. The van der Waals surface area contributed by atoms with E-state index in [4.69, 9.17) is 11.6 Å². The average Bonchev–Trinajstić information content (AvgIpc) is 3.25. The molecule has 0 bridgehead atoms. The highest BCUT2D eigenvalue weighted by Crippen LogP contribution is 2.28. The van der Waals surface area contributed by atoms with Crippen LogP contribution in [0.5, 0.6) is 0 Å². The summed E-state index contributed by atoms with van der Waals surface area (Å²) in [5, 5.41) is 2.87. The van der Waals surface area contributed by atoms with Crippen LogP contribution in [-0.2, 0) is 15.8 Å². The molecule has 0 saturated carbocycles. The lowest BCUT2D eigenvalue weighted by Crippen LogP contribution is -2.29. The quantitative estimate of drug-likeness (QED) is 0.611. The second-order valence-corrected chi connectivity index (χ2v) is 10.1. The normalized spacial score (nSPS) is 14.8. The Bertz CT molecular complexity index is 979. The molecule has 1 fully saturated rings. The summed E-state index contributed by atoms with van der Waals surface area (Å²) in [6.07, 6.45) is 1.64. The summed E-state index contributed by atoms with van der Waals surface area (Å²) in [5.74, 6) is 0.511. The lowest BCUT2D eigenvalue weighted by Gasteiger charge is -2.17. The summed E-state index contributed by atoms with van der Waals surface area (Å²) in [6.45, 7) is 1.32. The summed E-state index contributed by atoms with van der Waals surface area (Å²) in [4.78, 5) is 12.4. The van der Waals surface area contributed by atoms with Crippen molar-refractivity contribution in [1.82, 2.24) is 9.62 Å². The van der Waals surface area contributed by atoms with E-state index in [1.807, 2.05) is 0 Å². The summed E-state index contributed by atoms with van der Waals surface area (Å²) in [5.41, 5.74) is 0.865. The molecular formula is C20H22ClFN2O3S2. The Morgan fingerprint density at radius 2 is 1.90 bits per heavy atom. The first-order valence-electron chi connectivity index (χ1n) is 9.28. The van der Waals surface area contributed by atoms with Gasteiger partial charge in [0.15, 0.2) is 0 Å². The van der Waals surface area contributed by atoms with Crippen LogP contribution in [0.1, 0.15) is 28.8 Å². The summed E-state index contributed by atoms with van der Waals surface area (Å²) >= 11 is 7.61.